The molecule has 1 unspecified atom stereocenters. The van der Waals surface area contributed by atoms with E-state index in [0.717, 1.165) is 18.1 Å². The lowest BCUT2D eigenvalue weighted by molar-refractivity contribution is 0.572. The molecule has 1 aliphatic heterocycles. The van der Waals surface area contributed by atoms with Crippen LogP contribution in [0.3, 0.4) is 0 Å². The summed E-state index contributed by atoms with van der Waals surface area (Å²) in [5.74, 6) is 0.890. The summed E-state index contributed by atoms with van der Waals surface area (Å²) in [5.41, 5.74) is 3.03. The molecule has 0 aliphatic carbocycles. The first kappa shape index (κ1) is 8.38. The Morgan fingerprint density at radius 1 is 1.57 bits per heavy atom. The van der Waals surface area contributed by atoms with Crippen molar-refractivity contribution in [1.82, 2.24) is 4.98 Å². The molecule has 1 atom stereocenters. The molecule has 72 valence electrons. The van der Waals surface area contributed by atoms with E-state index in [-0.39, 0.29) is 0 Å². The first-order valence-corrected chi connectivity index (χ1v) is 6.12. The van der Waals surface area contributed by atoms with Gasteiger partial charge in [-0.15, -0.1) is 23.1 Å². The molecule has 0 saturated heterocycles. The number of aromatic nitrogens is 1. The number of nitrogens with zero attached hydrogens (tertiary/aromatic N) is 1. The third-order valence-corrected chi connectivity index (χ3v) is 4.00. The molecule has 2 aromatic rings. The minimum atomic E-state index is 0.409. The molecule has 2 aromatic heterocycles. The van der Waals surface area contributed by atoms with E-state index in [9.17, 15) is 0 Å². The summed E-state index contributed by atoms with van der Waals surface area (Å²) >= 11 is 3.45. The van der Waals surface area contributed by atoms with E-state index in [4.69, 9.17) is 4.42 Å². The van der Waals surface area contributed by atoms with Gasteiger partial charge in [-0.2, -0.15) is 0 Å². The molecule has 0 spiro atoms. The summed E-state index contributed by atoms with van der Waals surface area (Å²) in [5, 5.41) is 5.77. The fourth-order valence-corrected chi connectivity index (χ4v) is 3.22. The number of furan rings is 1. The highest BCUT2D eigenvalue weighted by molar-refractivity contribution is 7.99. The van der Waals surface area contributed by atoms with Crippen LogP contribution in [0.1, 0.15) is 10.9 Å². The van der Waals surface area contributed by atoms with Crippen LogP contribution >= 0.6 is 23.1 Å². The van der Waals surface area contributed by atoms with Crippen LogP contribution in [0.2, 0.25) is 0 Å². The molecule has 0 fully saturated rings. The molecule has 1 N–H and O–H groups in total. The predicted molar refractivity (Wildman–Crippen MR) is 57.9 cm³/mol. The third kappa shape index (κ3) is 1.33. The van der Waals surface area contributed by atoms with Crippen LogP contribution in [0.4, 0.5) is 5.88 Å². The SMILES string of the molecule is c1cc2c(o1)NCC(c1cscn1)S2. The zero-order valence-corrected chi connectivity index (χ0v) is 8.90. The molecule has 3 heterocycles. The van der Waals surface area contributed by atoms with Crippen molar-refractivity contribution >= 4 is 29.0 Å². The van der Waals surface area contributed by atoms with E-state index < -0.39 is 0 Å². The molecule has 0 aromatic carbocycles. The Bertz CT molecular complexity index is 424. The summed E-state index contributed by atoms with van der Waals surface area (Å²) < 4.78 is 5.27. The number of thioether (sulfide) groups is 1. The van der Waals surface area contributed by atoms with Gasteiger partial charge in [-0.3, -0.25) is 0 Å². The Labute approximate surface area is 89.5 Å². The van der Waals surface area contributed by atoms with Gasteiger partial charge in [-0.1, -0.05) is 0 Å². The van der Waals surface area contributed by atoms with Crippen molar-refractivity contribution in [3.63, 3.8) is 0 Å². The van der Waals surface area contributed by atoms with Gasteiger partial charge >= 0.3 is 0 Å². The van der Waals surface area contributed by atoms with Gasteiger partial charge in [-0.25, -0.2) is 4.98 Å². The fraction of sp³-hybridized carbons (Fsp3) is 0.222. The maximum atomic E-state index is 5.27. The highest BCUT2D eigenvalue weighted by Gasteiger charge is 2.23. The van der Waals surface area contributed by atoms with E-state index in [1.807, 2.05) is 23.3 Å². The van der Waals surface area contributed by atoms with Crippen LogP contribution in [0.15, 0.2) is 32.5 Å². The van der Waals surface area contributed by atoms with Crippen LogP contribution in [0.25, 0.3) is 0 Å². The molecule has 0 bridgehead atoms. The maximum absolute atomic E-state index is 5.27. The van der Waals surface area contributed by atoms with Crippen molar-refractivity contribution in [3.05, 3.63) is 28.9 Å². The zero-order valence-electron chi connectivity index (χ0n) is 7.27. The number of rotatable bonds is 1. The summed E-state index contributed by atoms with van der Waals surface area (Å²) in [7, 11) is 0. The molecule has 14 heavy (non-hydrogen) atoms. The van der Waals surface area contributed by atoms with E-state index in [1.54, 1.807) is 17.6 Å². The normalized spacial score (nSPS) is 20.1. The highest BCUT2D eigenvalue weighted by atomic mass is 32.2. The Morgan fingerprint density at radius 2 is 2.57 bits per heavy atom. The topological polar surface area (TPSA) is 38.1 Å². The van der Waals surface area contributed by atoms with Gasteiger partial charge in [0.1, 0.15) is 0 Å². The molecular weight excluding hydrogens is 216 g/mol. The molecule has 0 amide bonds. The number of hydrogen-bond donors (Lipinski definition) is 1. The van der Waals surface area contributed by atoms with Crippen LogP contribution in [0, 0.1) is 0 Å². The van der Waals surface area contributed by atoms with Crippen molar-refractivity contribution in [1.29, 1.82) is 0 Å². The molecular formula is C9H8N2OS2. The summed E-state index contributed by atoms with van der Waals surface area (Å²) in [6.07, 6.45) is 1.72. The van der Waals surface area contributed by atoms with Crippen LogP contribution in [-0.4, -0.2) is 11.5 Å². The van der Waals surface area contributed by atoms with Crippen LogP contribution in [0.5, 0.6) is 0 Å². The lowest BCUT2D eigenvalue weighted by Gasteiger charge is -2.20. The second-order valence-electron chi connectivity index (χ2n) is 3.01. The standard InChI is InChI=1S/C9H8N2OS2/c1-2-12-9-7(1)14-8(3-10-9)6-4-13-5-11-6/h1-2,4-5,8,10H,3H2. The van der Waals surface area contributed by atoms with Gasteiger partial charge in [0.15, 0.2) is 0 Å². The van der Waals surface area contributed by atoms with E-state index in [1.165, 1.54) is 4.90 Å². The van der Waals surface area contributed by atoms with E-state index >= 15 is 0 Å². The predicted octanol–water partition coefficient (Wildman–Crippen LogP) is 3.00. The van der Waals surface area contributed by atoms with Gasteiger partial charge in [0, 0.05) is 11.9 Å². The molecule has 0 radical (unpaired) electrons. The largest absolute Gasteiger partial charge is 0.448 e. The van der Waals surface area contributed by atoms with Gasteiger partial charge in [0.05, 0.1) is 27.6 Å². The fourth-order valence-electron chi connectivity index (χ4n) is 1.45. The van der Waals surface area contributed by atoms with Crippen LogP contribution in [-0.2, 0) is 0 Å². The monoisotopic (exact) mass is 224 g/mol. The summed E-state index contributed by atoms with van der Waals surface area (Å²) in [4.78, 5) is 5.50. The number of nitrogens with one attached hydrogen (secondary N) is 1. The zero-order chi connectivity index (χ0) is 9.38. The van der Waals surface area contributed by atoms with Crippen molar-refractivity contribution in [3.8, 4) is 0 Å². The van der Waals surface area contributed by atoms with Crippen LogP contribution < -0.4 is 5.32 Å². The van der Waals surface area contributed by atoms with Gasteiger partial charge < -0.3 is 9.73 Å². The first-order valence-electron chi connectivity index (χ1n) is 4.29. The molecule has 3 rings (SSSR count). The Morgan fingerprint density at radius 3 is 3.43 bits per heavy atom. The summed E-state index contributed by atoms with van der Waals surface area (Å²) in [6.45, 7) is 0.884. The van der Waals surface area contributed by atoms with E-state index in [0.29, 0.717) is 5.25 Å². The molecule has 3 nitrogen and oxygen atoms in total. The second kappa shape index (κ2) is 3.33. The Hall–Kier alpha value is -0.940. The lowest BCUT2D eigenvalue weighted by Crippen LogP contribution is -2.14. The van der Waals surface area contributed by atoms with Crippen molar-refractivity contribution in [2.24, 2.45) is 0 Å². The van der Waals surface area contributed by atoms with Crippen molar-refractivity contribution in [2.45, 2.75) is 10.1 Å². The second-order valence-corrected chi connectivity index (χ2v) is 4.98. The lowest BCUT2D eigenvalue weighted by atomic mass is 10.3. The first-order chi connectivity index (χ1) is 6.93. The minimum absolute atomic E-state index is 0.409. The number of fused-ring (bicyclic) bond motifs is 1. The Balaban J connectivity index is 1.88. The van der Waals surface area contributed by atoms with E-state index in [2.05, 4.69) is 15.7 Å². The smallest absolute Gasteiger partial charge is 0.206 e. The van der Waals surface area contributed by atoms with Crippen molar-refractivity contribution < 1.29 is 4.42 Å². The molecule has 5 heteroatoms. The molecule has 0 saturated carbocycles. The Kier molecular flexibility index (Phi) is 1.99. The highest BCUT2D eigenvalue weighted by Crippen LogP contribution is 2.43. The number of hydrogen-bond acceptors (Lipinski definition) is 5. The summed E-state index contributed by atoms with van der Waals surface area (Å²) in [6, 6.07) is 1.99. The maximum Gasteiger partial charge on any atom is 0.206 e. The number of thiazole rings is 1. The van der Waals surface area contributed by atoms with Gasteiger partial charge in [-0.05, 0) is 6.07 Å². The van der Waals surface area contributed by atoms with Gasteiger partial charge in [0.25, 0.3) is 0 Å². The average Bonchev–Trinajstić information content (AvgIpc) is 2.88. The molecule has 1 aliphatic rings. The van der Waals surface area contributed by atoms with Crippen molar-refractivity contribution in [2.75, 3.05) is 11.9 Å². The average molecular weight is 224 g/mol. The number of anilines is 1. The minimum Gasteiger partial charge on any atom is -0.448 e. The third-order valence-electron chi connectivity index (χ3n) is 2.13. The quantitative estimate of drug-likeness (QED) is 0.808. The van der Waals surface area contributed by atoms with Gasteiger partial charge in [0.2, 0.25) is 5.88 Å².